The van der Waals surface area contributed by atoms with Crippen LogP contribution in [0.5, 0.6) is 0 Å². The van der Waals surface area contributed by atoms with Crippen LogP contribution in [-0.2, 0) is 11.5 Å². The van der Waals surface area contributed by atoms with Crippen LogP contribution in [0.4, 0.5) is 0 Å². The molecule has 1 aliphatic rings. The highest BCUT2D eigenvalue weighted by Gasteiger charge is 2.10. The number of rotatable bonds is 0. The summed E-state index contributed by atoms with van der Waals surface area (Å²) in [5.41, 5.74) is 2.99. The first kappa shape index (κ1) is 8.69. The zero-order valence-corrected chi connectivity index (χ0v) is 9.33. The molecule has 2 aromatic carbocycles. The summed E-state index contributed by atoms with van der Waals surface area (Å²) in [6, 6.07) is 13.3. The van der Waals surface area contributed by atoms with Crippen LogP contribution in [0, 0.1) is 0 Å². The molecule has 1 aliphatic heterocycles. The molecule has 2 heteroatoms. The monoisotopic (exact) mass is 218 g/mol. The summed E-state index contributed by atoms with van der Waals surface area (Å²) in [6.45, 7) is 0. The number of benzene rings is 2. The standard InChI is InChI=1S/C12H10S2/c1-3-9-4-2-6-11-8-14-13-7-10(5-1)12(9)11/h1-6H,7-8H2. The van der Waals surface area contributed by atoms with E-state index < -0.39 is 0 Å². The highest BCUT2D eigenvalue weighted by atomic mass is 33.1. The first-order chi connectivity index (χ1) is 6.95. The molecule has 0 nitrogen and oxygen atoms in total. The van der Waals surface area contributed by atoms with Crippen LogP contribution in [0.15, 0.2) is 36.4 Å². The third kappa shape index (κ3) is 1.33. The van der Waals surface area contributed by atoms with E-state index >= 15 is 0 Å². The summed E-state index contributed by atoms with van der Waals surface area (Å²) in [7, 11) is 3.92. The van der Waals surface area contributed by atoms with Gasteiger partial charge in [-0.25, -0.2) is 0 Å². The molecule has 70 valence electrons. The second kappa shape index (κ2) is 3.52. The predicted molar refractivity (Wildman–Crippen MR) is 66.5 cm³/mol. The summed E-state index contributed by atoms with van der Waals surface area (Å²) in [5.74, 6) is 2.28. The van der Waals surface area contributed by atoms with Crippen molar-refractivity contribution in [3.63, 3.8) is 0 Å². The topological polar surface area (TPSA) is 0 Å². The lowest BCUT2D eigenvalue weighted by atomic mass is 10.0. The van der Waals surface area contributed by atoms with Gasteiger partial charge in [0.05, 0.1) is 0 Å². The smallest absolute Gasteiger partial charge is 0.0295 e. The van der Waals surface area contributed by atoms with E-state index in [2.05, 4.69) is 36.4 Å². The average Bonchev–Trinajstić information content (AvgIpc) is 2.44. The zero-order chi connectivity index (χ0) is 9.38. The molecular weight excluding hydrogens is 208 g/mol. The van der Waals surface area contributed by atoms with Gasteiger partial charge in [-0.2, -0.15) is 0 Å². The summed E-state index contributed by atoms with van der Waals surface area (Å²) in [4.78, 5) is 0. The van der Waals surface area contributed by atoms with E-state index in [1.54, 1.807) is 0 Å². The Balaban J connectivity index is 2.41. The summed E-state index contributed by atoms with van der Waals surface area (Å²) in [5, 5.41) is 2.88. The van der Waals surface area contributed by atoms with Gasteiger partial charge in [0.2, 0.25) is 0 Å². The Morgan fingerprint density at radius 1 is 0.786 bits per heavy atom. The molecule has 2 aromatic rings. The van der Waals surface area contributed by atoms with Gasteiger partial charge in [-0.3, -0.25) is 0 Å². The van der Waals surface area contributed by atoms with E-state index in [0.29, 0.717) is 0 Å². The van der Waals surface area contributed by atoms with Gasteiger partial charge in [0.15, 0.2) is 0 Å². The molecule has 14 heavy (non-hydrogen) atoms. The molecule has 0 amide bonds. The number of hydrogen-bond donors (Lipinski definition) is 0. The highest BCUT2D eigenvalue weighted by Crippen LogP contribution is 2.38. The quantitative estimate of drug-likeness (QED) is 0.607. The maximum Gasteiger partial charge on any atom is 0.0295 e. The van der Waals surface area contributed by atoms with E-state index in [0.717, 1.165) is 11.5 Å². The summed E-state index contributed by atoms with van der Waals surface area (Å²) >= 11 is 0. The fourth-order valence-corrected chi connectivity index (χ4v) is 4.12. The van der Waals surface area contributed by atoms with Crippen molar-refractivity contribution in [1.82, 2.24) is 0 Å². The lowest BCUT2D eigenvalue weighted by Crippen LogP contribution is -1.85. The molecule has 0 aliphatic carbocycles. The van der Waals surface area contributed by atoms with Gasteiger partial charge < -0.3 is 0 Å². The molecule has 1 heterocycles. The lowest BCUT2D eigenvalue weighted by Gasteiger charge is -2.05. The predicted octanol–water partition coefficient (Wildman–Crippen LogP) is 4.23. The maximum absolute atomic E-state index is 2.25. The molecule has 3 rings (SSSR count). The zero-order valence-electron chi connectivity index (χ0n) is 7.69. The first-order valence-corrected chi connectivity index (χ1v) is 7.18. The third-order valence-corrected chi connectivity index (χ3v) is 4.82. The van der Waals surface area contributed by atoms with Crippen molar-refractivity contribution in [3.05, 3.63) is 47.5 Å². The molecule has 0 saturated carbocycles. The van der Waals surface area contributed by atoms with Gasteiger partial charge in [-0.05, 0) is 21.9 Å². The van der Waals surface area contributed by atoms with Crippen LogP contribution in [0.3, 0.4) is 0 Å². The second-order valence-corrected chi connectivity index (χ2v) is 5.92. The molecule has 0 bridgehead atoms. The normalized spacial score (nSPS) is 15.4. The van der Waals surface area contributed by atoms with Crippen molar-refractivity contribution < 1.29 is 0 Å². The van der Waals surface area contributed by atoms with Crippen LogP contribution >= 0.6 is 21.6 Å². The van der Waals surface area contributed by atoms with Crippen molar-refractivity contribution in [1.29, 1.82) is 0 Å². The van der Waals surface area contributed by atoms with E-state index in [1.807, 2.05) is 21.6 Å². The molecular formula is C12H10S2. The van der Waals surface area contributed by atoms with E-state index in [4.69, 9.17) is 0 Å². The minimum absolute atomic E-state index is 1.14. The van der Waals surface area contributed by atoms with E-state index in [9.17, 15) is 0 Å². The van der Waals surface area contributed by atoms with Gasteiger partial charge in [-0.1, -0.05) is 58.0 Å². The Morgan fingerprint density at radius 3 is 1.93 bits per heavy atom. The Hall–Kier alpha value is -0.600. The Bertz CT molecular complexity index is 436. The van der Waals surface area contributed by atoms with Crippen molar-refractivity contribution in [2.75, 3.05) is 0 Å². The molecule has 0 aromatic heterocycles. The molecule has 0 unspecified atom stereocenters. The molecule has 0 saturated heterocycles. The molecule has 0 N–H and O–H groups in total. The maximum atomic E-state index is 2.25. The van der Waals surface area contributed by atoms with E-state index in [-0.39, 0.29) is 0 Å². The highest BCUT2D eigenvalue weighted by molar-refractivity contribution is 8.76. The fourth-order valence-electron chi connectivity index (χ4n) is 1.95. The Morgan fingerprint density at radius 2 is 1.36 bits per heavy atom. The minimum Gasteiger partial charge on any atom is -0.0890 e. The third-order valence-electron chi connectivity index (χ3n) is 2.59. The van der Waals surface area contributed by atoms with Crippen LogP contribution in [0.1, 0.15) is 11.1 Å². The van der Waals surface area contributed by atoms with Gasteiger partial charge in [0.25, 0.3) is 0 Å². The summed E-state index contributed by atoms with van der Waals surface area (Å²) in [6.07, 6.45) is 0. The molecule has 0 atom stereocenters. The van der Waals surface area contributed by atoms with Crippen LogP contribution < -0.4 is 0 Å². The van der Waals surface area contributed by atoms with Crippen LogP contribution in [0.2, 0.25) is 0 Å². The number of hydrogen-bond acceptors (Lipinski definition) is 2. The first-order valence-electron chi connectivity index (χ1n) is 4.69. The van der Waals surface area contributed by atoms with Crippen molar-refractivity contribution in [2.24, 2.45) is 0 Å². The minimum atomic E-state index is 1.14. The van der Waals surface area contributed by atoms with Gasteiger partial charge in [0.1, 0.15) is 0 Å². The molecule has 0 radical (unpaired) electrons. The average molecular weight is 218 g/mol. The lowest BCUT2D eigenvalue weighted by molar-refractivity contribution is 1.42. The van der Waals surface area contributed by atoms with Crippen molar-refractivity contribution in [3.8, 4) is 0 Å². The second-order valence-electron chi connectivity index (χ2n) is 3.46. The molecule has 0 spiro atoms. The Kier molecular flexibility index (Phi) is 2.18. The van der Waals surface area contributed by atoms with Gasteiger partial charge in [0, 0.05) is 11.5 Å². The van der Waals surface area contributed by atoms with Crippen LogP contribution in [-0.4, -0.2) is 0 Å². The summed E-state index contributed by atoms with van der Waals surface area (Å²) < 4.78 is 0. The van der Waals surface area contributed by atoms with Gasteiger partial charge in [-0.15, -0.1) is 0 Å². The van der Waals surface area contributed by atoms with E-state index in [1.165, 1.54) is 21.9 Å². The largest absolute Gasteiger partial charge is 0.0890 e. The van der Waals surface area contributed by atoms with Crippen molar-refractivity contribution >= 4 is 32.4 Å². The fraction of sp³-hybridized carbons (Fsp3) is 0.167. The van der Waals surface area contributed by atoms with Crippen LogP contribution in [0.25, 0.3) is 10.8 Å². The van der Waals surface area contributed by atoms with Gasteiger partial charge >= 0.3 is 0 Å². The Labute approximate surface area is 91.5 Å². The SMILES string of the molecule is c1cc2c3c(cccc3c1)CSSC2. The van der Waals surface area contributed by atoms with Crippen molar-refractivity contribution in [2.45, 2.75) is 11.5 Å². The molecule has 0 fully saturated rings.